The molecule has 0 radical (unpaired) electrons. The predicted octanol–water partition coefficient (Wildman–Crippen LogP) is 2.02. The van der Waals surface area contributed by atoms with E-state index >= 15 is 0 Å². The molecule has 4 nitrogen and oxygen atoms in total. The molecule has 0 spiro atoms. The maximum Gasteiger partial charge on any atom is 0.371 e. The minimum Gasteiger partial charge on any atom is -0.508 e. The second-order valence-electron chi connectivity index (χ2n) is 2.99. The van der Waals surface area contributed by atoms with Gasteiger partial charge >= 0.3 is 5.97 Å². The number of carboxylic acid groups (broad SMARTS) is 1. The van der Waals surface area contributed by atoms with Crippen molar-refractivity contribution in [2.75, 3.05) is 7.11 Å². The second-order valence-corrected chi connectivity index (χ2v) is 2.99. The summed E-state index contributed by atoms with van der Waals surface area (Å²) in [5, 5.41) is 17.8. The van der Waals surface area contributed by atoms with Crippen LogP contribution in [-0.2, 0) is 9.53 Å². The molecule has 1 rings (SSSR count). The van der Waals surface area contributed by atoms with E-state index in [1.54, 1.807) is 36.4 Å². The van der Waals surface area contributed by atoms with E-state index in [0.29, 0.717) is 0 Å². The lowest BCUT2D eigenvalue weighted by Crippen LogP contribution is -2.01. The van der Waals surface area contributed by atoms with Crippen LogP contribution in [0.4, 0.5) is 0 Å². The zero-order chi connectivity index (χ0) is 12.0. The Bertz CT molecular complexity index is 432. The van der Waals surface area contributed by atoms with Crippen molar-refractivity contribution in [2.45, 2.75) is 0 Å². The fourth-order valence-electron chi connectivity index (χ4n) is 1.10. The predicted molar refractivity (Wildman–Crippen MR) is 59.9 cm³/mol. The molecule has 0 heterocycles. The summed E-state index contributed by atoms with van der Waals surface area (Å²) in [5.41, 5.74) is 0.775. The highest BCUT2D eigenvalue weighted by Crippen LogP contribution is 2.12. The van der Waals surface area contributed by atoms with Crippen LogP contribution in [0.3, 0.4) is 0 Å². The van der Waals surface area contributed by atoms with Crippen LogP contribution in [0.25, 0.3) is 6.08 Å². The van der Waals surface area contributed by atoms with E-state index in [1.807, 2.05) is 0 Å². The van der Waals surface area contributed by atoms with Crippen LogP contribution < -0.4 is 0 Å². The van der Waals surface area contributed by atoms with Crippen molar-refractivity contribution in [1.82, 2.24) is 0 Å². The first-order valence-electron chi connectivity index (χ1n) is 4.58. The molecule has 0 saturated carbocycles. The van der Waals surface area contributed by atoms with Crippen LogP contribution in [0, 0.1) is 0 Å². The zero-order valence-electron chi connectivity index (χ0n) is 8.75. The van der Waals surface area contributed by atoms with Crippen LogP contribution >= 0.6 is 0 Å². The Morgan fingerprint density at radius 3 is 2.75 bits per heavy atom. The number of aromatic hydroxyl groups is 1. The van der Waals surface area contributed by atoms with Crippen molar-refractivity contribution < 1.29 is 19.7 Å². The van der Waals surface area contributed by atoms with Gasteiger partial charge in [0, 0.05) is 0 Å². The summed E-state index contributed by atoms with van der Waals surface area (Å²) >= 11 is 0. The maximum atomic E-state index is 10.6. The van der Waals surface area contributed by atoms with Gasteiger partial charge in [-0.15, -0.1) is 0 Å². The van der Waals surface area contributed by atoms with Gasteiger partial charge in [0.05, 0.1) is 7.11 Å². The highest BCUT2D eigenvalue weighted by Gasteiger charge is 2.03. The van der Waals surface area contributed by atoms with E-state index in [-0.39, 0.29) is 11.5 Å². The van der Waals surface area contributed by atoms with E-state index in [1.165, 1.54) is 13.2 Å². The molecule has 2 N–H and O–H groups in total. The smallest absolute Gasteiger partial charge is 0.371 e. The molecule has 4 heteroatoms. The summed E-state index contributed by atoms with van der Waals surface area (Å²) in [7, 11) is 1.29. The van der Waals surface area contributed by atoms with Gasteiger partial charge in [-0.1, -0.05) is 24.3 Å². The van der Waals surface area contributed by atoms with Crippen LogP contribution in [0.15, 0.2) is 42.2 Å². The lowest BCUT2D eigenvalue weighted by Gasteiger charge is -1.97. The summed E-state index contributed by atoms with van der Waals surface area (Å²) in [4.78, 5) is 10.6. The van der Waals surface area contributed by atoms with Crippen LogP contribution in [0.1, 0.15) is 5.56 Å². The van der Waals surface area contributed by atoms with Gasteiger partial charge in [-0.2, -0.15) is 0 Å². The molecular formula is C12H12O4. The number of carboxylic acids is 1. The molecule has 0 atom stereocenters. The van der Waals surface area contributed by atoms with Crippen molar-refractivity contribution in [2.24, 2.45) is 0 Å². The molecule has 0 bridgehead atoms. The third-order valence-corrected chi connectivity index (χ3v) is 1.84. The van der Waals surface area contributed by atoms with Gasteiger partial charge in [0.1, 0.15) is 5.75 Å². The number of hydrogen-bond donors (Lipinski definition) is 2. The average molecular weight is 220 g/mol. The third-order valence-electron chi connectivity index (χ3n) is 1.84. The Labute approximate surface area is 93.1 Å². The third kappa shape index (κ3) is 3.49. The standard InChI is InChI=1S/C12H12O4/c1-16-11(12(14)15)7-3-5-9-4-2-6-10(13)8-9/h2-8,13H,1H3,(H,14,15). The summed E-state index contributed by atoms with van der Waals surface area (Å²) in [6, 6.07) is 6.62. The molecule has 0 aliphatic heterocycles. The fourth-order valence-corrected chi connectivity index (χ4v) is 1.10. The molecule has 0 aliphatic rings. The number of ether oxygens (including phenoxy) is 1. The normalized spacial score (nSPS) is 11.7. The molecule has 1 aromatic rings. The van der Waals surface area contributed by atoms with Gasteiger partial charge in [-0.3, -0.25) is 0 Å². The summed E-state index contributed by atoms with van der Waals surface area (Å²) in [6.45, 7) is 0. The number of aliphatic carboxylic acids is 1. The fraction of sp³-hybridized carbons (Fsp3) is 0.0833. The van der Waals surface area contributed by atoms with Gasteiger partial charge in [0.25, 0.3) is 0 Å². The molecule has 0 saturated heterocycles. The van der Waals surface area contributed by atoms with Crippen LogP contribution in [-0.4, -0.2) is 23.3 Å². The molecule has 84 valence electrons. The first-order chi connectivity index (χ1) is 7.63. The number of carbonyl (C=O) groups is 1. The van der Waals surface area contributed by atoms with E-state index in [9.17, 15) is 9.90 Å². The van der Waals surface area contributed by atoms with Gasteiger partial charge in [0.2, 0.25) is 5.76 Å². The van der Waals surface area contributed by atoms with Gasteiger partial charge in [0.15, 0.2) is 0 Å². The van der Waals surface area contributed by atoms with Crippen LogP contribution in [0.5, 0.6) is 5.75 Å². The van der Waals surface area contributed by atoms with Crippen LogP contribution in [0.2, 0.25) is 0 Å². The largest absolute Gasteiger partial charge is 0.508 e. The van der Waals surface area contributed by atoms with Gasteiger partial charge in [-0.05, 0) is 23.8 Å². The molecule has 1 aromatic carbocycles. The van der Waals surface area contributed by atoms with Crippen molar-refractivity contribution in [1.29, 1.82) is 0 Å². The lowest BCUT2D eigenvalue weighted by molar-refractivity contribution is -0.136. The van der Waals surface area contributed by atoms with Gasteiger partial charge in [-0.25, -0.2) is 4.79 Å². The van der Waals surface area contributed by atoms with E-state index in [4.69, 9.17) is 5.11 Å². The van der Waals surface area contributed by atoms with Crippen molar-refractivity contribution in [3.8, 4) is 5.75 Å². The highest BCUT2D eigenvalue weighted by molar-refractivity contribution is 5.84. The van der Waals surface area contributed by atoms with E-state index in [0.717, 1.165) is 5.56 Å². The maximum absolute atomic E-state index is 10.6. The lowest BCUT2D eigenvalue weighted by atomic mass is 10.2. The topological polar surface area (TPSA) is 66.8 Å². The Hall–Kier alpha value is -2.23. The molecule has 0 aliphatic carbocycles. The van der Waals surface area contributed by atoms with Gasteiger partial charge < -0.3 is 14.9 Å². The monoisotopic (exact) mass is 220 g/mol. The molecule has 0 amide bonds. The van der Waals surface area contributed by atoms with Crippen molar-refractivity contribution in [3.05, 3.63) is 47.7 Å². The number of methoxy groups -OCH3 is 1. The minimum absolute atomic E-state index is 0.142. The molecule has 16 heavy (non-hydrogen) atoms. The Balaban J connectivity index is 2.78. The van der Waals surface area contributed by atoms with E-state index in [2.05, 4.69) is 4.74 Å². The zero-order valence-corrected chi connectivity index (χ0v) is 8.75. The Kier molecular flexibility index (Phi) is 4.15. The summed E-state index contributed by atoms with van der Waals surface area (Å²) in [6.07, 6.45) is 4.55. The number of phenols is 1. The Morgan fingerprint density at radius 1 is 1.44 bits per heavy atom. The number of hydrogen-bond acceptors (Lipinski definition) is 3. The van der Waals surface area contributed by atoms with Crippen molar-refractivity contribution >= 4 is 12.0 Å². The SMILES string of the molecule is COC(=CC=Cc1cccc(O)c1)C(=O)O. The first kappa shape index (κ1) is 11.8. The minimum atomic E-state index is -1.12. The van der Waals surface area contributed by atoms with Crippen molar-refractivity contribution in [3.63, 3.8) is 0 Å². The second kappa shape index (κ2) is 5.60. The summed E-state index contributed by atoms with van der Waals surface area (Å²) in [5.74, 6) is -1.10. The number of phenolic OH excluding ortho intramolecular Hbond substituents is 1. The molecule has 0 aromatic heterocycles. The molecule has 0 fully saturated rings. The number of benzene rings is 1. The molecular weight excluding hydrogens is 208 g/mol. The van der Waals surface area contributed by atoms with E-state index < -0.39 is 5.97 Å². The number of rotatable bonds is 4. The average Bonchev–Trinajstić information content (AvgIpc) is 2.24. The number of allylic oxidation sites excluding steroid dienone is 2. The highest BCUT2D eigenvalue weighted by atomic mass is 16.5. The first-order valence-corrected chi connectivity index (χ1v) is 4.58. The summed E-state index contributed by atoms with van der Waals surface area (Å²) < 4.78 is 4.63. The molecule has 0 unspecified atom stereocenters. The quantitative estimate of drug-likeness (QED) is 0.463. The Morgan fingerprint density at radius 2 is 2.19 bits per heavy atom.